The minimum atomic E-state index is -0.227. The summed E-state index contributed by atoms with van der Waals surface area (Å²) in [5.41, 5.74) is 30.3. The van der Waals surface area contributed by atoms with E-state index in [0.717, 1.165) is 12.8 Å². The van der Waals surface area contributed by atoms with Crippen molar-refractivity contribution in [2.24, 2.45) is 0 Å². The van der Waals surface area contributed by atoms with Crippen LogP contribution in [0.25, 0.3) is 11.1 Å². The highest BCUT2D eigenvalue weighted by Crippen LogP contribution is 2.57. The molecule has 0 fully saturated rings. The Hall–Kier alpha value is -6.58. The normalized spacial score (nSPS) is 19.0. The molecular weight excluding hydrogens is 916 g/mol. The Bertz CT molecular complexity index is 3780. The molecule has 0 spiro atoms. The lowest BCUT2D eigenvalue weighted by molar-refractivity contribution is 0.332. The molecule has 76 heavy (non-hydrogen) atoms. The average Bonchev–Trinajstić information content (AvgIpc) is 3.50. The van der Waals surface area contributed by atoms with Crippen molar-refractivity contribution in [3.63, 3.8) is 0 Å². The maximum atomic E-state index is 2.71. The molecule has 0 bridgehead atoms. The van der Waals surface area contributed by atoms with Gasteiger partial charge in [-0.3, -0.25) is 0 Å². The molecule has 8 aromatic carbocycles. The molecule has 2 aliphatic heterocycles. The van der Waals surface area contributed by atoms with Crippen LogP contribution in [0.3, 0.4) is 0 Å². The molecule has 0 unspecified atom stereocenters. The molecule has 0 radical (unpaired) electrons. The minimum Gasteiger partial charge on any atom is -0.311 e. The Balaban J connectivity index is 1.16. The van der Waals surface area contributed by atoms with Crippen molar-refractivity contribution < 1.29 is 0 Å². The molecule has 0 saturated heterocycles. The summed E-state index contributed by atoms with van der Waals surface area (Å²) in [5.74, 6) is 0. The maximum Gasteiger partial charge on any atom is 0.252 e. The van der Waals surface area contributed by atoms with Gasteiger partial charge >= 0.3 is 0 Å². The Labute approximate surface area is 455 Å². The summed E-state index contributed by atoms with van der Waals surface area (Å²) in [4.78, 5) is 5.42. The molecule has 3 heteroatoms. The second-order valence-electron chi connectivity index (χ2n) is 28.2. The molecule has 382 valence electrons. The molecule has 0 aromatic heterocycles. The fourth-order valence-corrected chi connectivity index (χ4v) is 15.3. The Morgan fingerprint density at radius 1 is 0.382 bits per heavy atom. The van der Waals surface area contributed by atoms with E-state index in [1.807, 2.05) is 0 Å². The molecule has 5 aliphatic rings. The number of fused-ring (bicyclic) bond motifs is 9. The van der Waals surface area contributed by atoms with Gasteiger partial charge in [-0.15, -0.1) is 0 Å². The van der Waals surface area contributed by atoms with Gasteiger partial charge in [-0.1, -0.05) is 207 Å². The summed E-state index contributed by atoms with van der Waals surface area (Å²) in [7, 11) is 0. The highest BCUT2D eigenvalue weighted by Gasteiger charge is 2.50. The number of rotatable bonds is 3. The minimum absolute atomic E-state index is 0.0153. The van der Waals surface area contributed by atoms with Gasteiger partial charge in [-0.05, 0) is 173 Å². The zero-order chi connectivity index (χ0) is 53.6. The van der Waals surface area contributed by atoms with Crippen LogP contribution in [0.4, 0.5) is 34.1 Å². The van der Waals surface area contributed by atoms with Gasteiger partial charge in [0.2, 0.25) is 0 Å². The monoisotopic (exact) mass is 993 g/mol. The molecule has 0 N–H and O–H groups in total. The zero-order valence-corrected chi connectivity index (χ0v) is 48.3. The third kappa shape index (κ3) is 6.72. The van der Waals surface area contributed by atoms with Crippen LogP contribution >= 0.6 is 0 Å². The Morgan fingerprint density at radius 3 is 1.41 bits per heavy atom. The van der Waals surface area contributed by atoms with Crippen LogP contribution in [0.15, 0.2) is 152 Å². The van der Waals surface area contributed by atoms with Crippen molar-refractivity contribution in [2.75, 3.05) is 9.80 Å². The van der Waals surface area contributed by atoms with Crippen LogP contribution in [-0.4, -0.2) is 6.71 Å². The van der Waals surface area contributed by atoms with Crippen LogP contribution < -0.4 is 26.2 Å². The smallest absolute Gasteiger partial charge is 0.252 e. The molecule has 2 nitrogen and oxygen atoms in total. The van der Waals surface area contributed by atoms with Gasteiger partial charge in [0.1, 0.15) is 0 Å². The number of hydrogen-bond acceptors (Lipinski definition) is 2. The molecule has 3 aliphatic carbocycles. The lowest BCUT2D eigenvalue weighted by Crippen LogP contribution is -2.62. The summed E-state index contributed by atoms with van der Waals surface area (Å²) < 4.78 is 0. The first kappa shape index (κ1) is 49.0. The van der Waals surface area contributed by atoms with E-state index in [0.29, 0.717) is 0 Å². The van der Waals surface area contributed by atoms with Crippen molar-refractivity contribution >= 4 is 57.2 Å². The number of benzene rings is 8. The summed E-state index contributed by atoms with van der Waals surface area (Å²) in [5, 5.41) is 0. The second-order valence-corrected chi connectivity index (χ2v) is 28.2. The van der Waals surface area contributed by atoms with Crippen LogP contribution in [-0.2, 0) is 37.9 Å². The van der Waals surface area contributed by atoms with Crippen molar-refractivity contribution in [1.29, 1.82) is 0 Å². The van der Waals surface area contributed by atoms with Gasteiger partial charge in [0.15, 0.2) is 0 Å². The number of aryl methyl sites for hydroxylation is 1. The van der Waals surface area contributed by atoms with Crippen LogP contribution in [0.5, 0.6) is 0 Å². The third-order valence-corrected chi connectivity index (χ3v) is 20.0. The molecule has 13 rings (SSSR count). The molecule has 8 aromatic rings. The van der Waals surface area contributed by atoms with Crippen LogP contribution in [0.1, 0.15) is 183 Å². The third-order valence-electron chi connectivity index (χ3n) is 20.0. The summed E-state index contributed by atoms with van der Waals surface area (Å²) in [6.45, 7) is 39.0. The van der Waals surface area contributed by atoms with E-state index in [4.69, 9.17) is 0 Å². The van der Waals surface area contributed by atoms with Crippen LogP contribution in [0, 0.1) is 6.92 Å². The predicted molar refractivity (Wildman–Crippen MR) is 326 cm³/mol. The van der Waals surface area contributed by atoms with E-state index in [1.54, 1.807) is 0 Å². The van der Waals surface area contributed by atoms with E-state index >= 15 is 0 Å². The topological polar surface area (TPSA) is 6.48 Å². The Kier molecular flexibility index (Phi) is 10.2. The zero-order valence-electron chi connectivity index (χ0n) is 48.3. The Morgan fingerprint density at radius 2 is 0.842 bits per heavy atom. The van der Waals surface area contributed by atoms with Crippen molar-refractivity contribution in [3.8, 4) is 11.1 Å². The number of anilines is 6. The van der Waals surface area contributed by atoms with Gasteiger partial charge < -0.3 is 9.80 Å². The lowest BCUT2D eigenvalue weighted by atomic mass is 9.33. The van der Waals surface area contributed by atoms with Gasteiger partial charge in [-0.2, -0.15) is 0 Å². The van der Waals surface area contributed by atoms with Crippen molar-refractivity contribution in [2.45, 2.75) is 162 Å². The van der Waals surface area contributed by atoms with Crippen molar-refractivity contribution in [3.05, 3.63) is 218 Å². The molecule has 2 heterocycles. The standard InChI is InChI=1S/C73H77BN2/c1-44-36-64-66-65(37-44)76(62-42-55-54(68(5,6)34-35-69(55,7)8)40-48(62)45-24-18-17-19-25-45)61-33-30-46(67(2,3)4)38-59(61)74(66)60-41-57-58(73(15,16)52-29-23-22-28-51(52)72(57,13)14)43-63(60)75(64)47-31-32-53-56(39-47)71(11,12)50-27-21-20-26-49(50)70(53,9)10/h17-33,36-43H,34-35H2,1-16H3. The van der Waals surface area contributed by atoms with E-state index in [1.165, 1.54) is 128 Å². The van der Waals surface area contributed by atoms with Gasteiger partial charge in [-0.25, -0.2) is 0 Å². The summed E-state index contributed by atoms with van der Waals surface area (Å²) in [6.07, 6.45) is 2.32. The molecular formula is C73H77BN2. The van der Waals surface area contributed by atoms with Gasteiger partial charge in [0.25, 0.3) is 6.71 Å². The van der Waals surface area contributed by atoms with Crippen molar-refractivity contribution in [1.82, 2.24) is 0 Å². The largest absolute Gasteiger partial charge is 0.311 e. The van der Waals surface area contributed by atoms with Crippen LogP contribution in [0.2, 0.25) is 0 Å². The van der Waals surface area contributed by atoms with E-state index < -0.39 is 0 Å². The number of hydrogen-bond donors (Lipinski definition) is 0. The first-order valence-electron chi connectivity index (χ1n) is 28.4. The predicted octanol–water partition coefficient (Wildman–Crippen LogP) is 17.3. The van der Waals surface area contributed by atoms with Gasteiger partial charge in [0, 0.05) is 55.7 Å². The second kappa shape index (κ2) is 15.8. The van der Waals surface area contributed by atoms with Gasteiger partial charge in [0.05, 0.1) is 5.69 Å². The van der Waals surface area contributed by atoms with E-state index in [2.05, 4.69) is 272 Å². The maximum absolute atomic E-state index is 2.71. The lowest BCUT2D eigenvalue weighted by Gasteiger charge is -2.49. The SMILES string of the molecule is Cc1cc2c3c(c1)N(c1cc4c(cc1-c1ccccc1)C(C)(C)CCC4(C)C)c1ccc(C(C)(C)C)cc1B3c1cc3c(cc1N2c1ccc2c(c1)C(C)(C)c1ccccc1C2(C)C)C(C)(C)c1ccccc1C3(C)C. The average molecular weight is 993 g/mol. The highest BCUT2D eigenvalue weighted by atomic mass is 15.2. The number of nitrogens with zero attached hydrogens (tertiary/aromatic N) is 2. The highest BCUT2D eigenvalue weighted by molar-refractivity contribution is 7.00. The molecule has 0 atom stereocenters. The first-order chi connectivity index (χ1) is 35.7. The molecule has 0 saturated carbocycles. The fourth-order valence-electron chi connectivity index (χ4n) is 15.3. The van der Waals surface area contributed by atoms with E-state index in [9.17, 15) is 0 Å². The molecule has 0 amide bonds. The quantitative estimate of drug-likeness (QED) is 0.163. The fraction of sp³-hybridized carbons (Fsp3) is 0.342. The van der Waals surface area contributed by atoms with E-state index in [-0.39, 0.29) is 44.6 Å². The summed E-state index contributed by atoms with van der Waals surface area (Å²) >= 11 is 0. The summed E-state index contributed by atoms with van der Waals surface area (Å²) in [6, 6.07) is 60.4. The first-order valence-corrected chi connectivity index (χ1v) is 28.4.